The van der Waals surface area contributed by atoms with E-state index in [4.69, 9.17) is 4.89 Å². The molecule has 5 nitrogen and oxygen atoms in total. The normalized spacial score (nSPS) is 14.2. The van der Waals surface area contributed by atoms with Gasteiger partial charge in [0.25, 0.3) is 5.91 Å². The van der Waals surface area contributed by atoms with Gasteiger partial charge < -0.3 is 0 Å². The van der Waals surface area contributed by atoms with E-state index in [1.54, 1.807) is 24.5 Å². The second kappa shape index (κ2) is 4.74. The lowest BCUT2D eigenvalue weighted by molar-refractivity contribution is 0.0698. The average Bonchev–Trinajstić information content (AvgIpc) is 2.13. The van der Waals surface area contributed by atoms with Gasteiger partial charge in [0.2, 0.25) is 0 Å². The number of nitrogens with one attached hydrogen (secondary N) is 1. The summed E-state index contributed by atoms with van der Waals surface area (Å²) in [5.41, 5.74) is 3.45. The first-order chi connectivity index (χ1) is 7.29. The van der Waals surface area contributed by atoms with Crippen LogP contribution in [0.1, 0.15) is 21.5 Å². The first kappa shape index (κ1) is 12.8. The number of aryl methyl sites for hydroxylation is 2. The zero-order valence-electron chi connectivity index (χ0n) is 8.73. The van der Waals surface area contributed by atoms with Crippen LogP contribution in [0.2, 0.25) is 0 Å². The maximum absolute atomic E-state index is 12.1. The molecular weight excluding hydrogens is 236 g/mol. The topological polar surface area (TPSA) is 75.6 Å². The minimum atomic E-state index is -5.20. The third kappa shape index (κ3) is 3.73. The highest BCUT2D eigenvalue weighted by atomic mass is 31.2. The van der Waals surface area contributed by atoms with E-state index in [0.29, 0.717) is 5.56 Å². The van der Waals surface area contributed by atoms with Crippen molar-refractivity contribution in [2.45, 2.75) is 13.8 Å². The molecule has 0 bridgehead atoms. The van der Waals surface area contributed by atoms with Crippen molar-refractivity contribution in [1.29, 1.82) is 0 Å². The first-order valence-corrected chi connectivity index (χ1v) is 5.85. The van der Waals surface area contributed by atoms with Crippen LogP contribution in [0, 0.1) is 13.8 Å². The van der Waals surface area contributed by atoms with E-state index < -0.39 is 13.8 Å². The summed E-state index contributed by atoms with van der Waals surface area (Å²) >= 11 is 0. The van der Waals surface area contributed by atoms with Gasteiger partial charge in [-0.25, -0.2) is 10.0 Å². The van der Waals surface area contributed by atoms with E-state index in [1.165, 1.54) is 6.07 Å². The Morgan fingerprint density at radius 3 is 2.62 bits per heavy atom. The lowest BCUT2D eigenvalue weighted by Gasteiger charge is -2.07. The van der Waals surface area contributed by atoms with E-state index in [0.717, 1.165) is 5.56 Å². The summed E-state index contributed by atoms with van der Waals surface area (Å²) < 4.78 is 25.9. The highest BCUT2D eigenvalue weighted by Crippen LogP contribution is 2.41. The van der Waals surface area contributed by atoms with Gasteiger partial charge in [-0.3, -0.25) is 9.69 Å². The summed E-state index contributed by atoms with van der Waals surface area (Å²) in [5.74, 6) is -0.774. The van der Waals surface area contributed by atoms with Crippen LogP contribution in [-0.4, -0.2) is 10.8 Å². The summed E-state index contributed by atoms with van der Waals surface area (Å²) in [6.45, 7) is 3.55. The molecule has 0 heterocycles. The van der Waals surface area contributed by atoms with Crippen LogP contribution in [-0.2, 0) is 9.19 Å². The van der Waals surface area contributed by atoms with Gasteiger partial charge in [-0.15, -0.1) is 4.20 Å². The zero-order chi connectivity index (χ0) is 12.3. The number of hydrogen-bond donors (Lipinski definition) is 2. The Labute approximate surface area is 91.9 Å². The molecule has 1 rings (SSSR count). The Bertz CT molecular complexity index is 457. The Morgan fingerprint density at radius 1 is 1.50 bits per heavy atom. The molecule has 0 saturated heterocycles. The second-order valence-electron chi connectivity index (χ2n) is 3.29. The van der Waals surface area contributed by atoms with Crippen LogP contribution in [0.5, 0.6) is 0 Å². The van der Waals surface area contributed by atoms with Crippen molar-refractivity contribution in [1.82, 2.24) is 5.48 Å². The van der Waals surface area contributed by atoms with E-state index in [-0.39, 0.29) is 5.56 Å². The highest BCUT2D eigenvalue weighted by molar-refractivity contribution is 7.46. The zero-order valence-corrected chi connectivity index (χ0v) is 9.62. The maximum atomic E-state index is 12.1. The lowest BCUT2D eigenvalue weighted by Crippen LogP contribution is -2.22. The van der Waals surface area contributed by atoms with Gasteiger partial charge in [-0.05, 0) is 25.5 Å². The molecule has 0 saturated carbocycles. The minimum absolute atomic E-state index is 0.249. The fourth-order valence-corrected chi connectivity index (χ4v) is 1.42. The molecule has 0 radical (unpaired) electrons. The standard InChI is InChI=1S/C9H11FNO4P/c1-6-3-4-8(7(2)5-6)9(12)11-15-16(10,13)14/h3-5H,1-2H3,(H,11,12)(H,13,14). The summed E-state index contributed by atoms with van der Waals surface area (Å²) in [6, 6.07) is 4.96. The maximum Gasteiger partial charge on any atom is 0.532 e. The molecule has 1 aromatic rings. The quantitative estimate of drug-likeness (QED) is 0.633. The van der Waals surface area contributed by atoms with Crippen LogP contribution in [0.15, 0.2) is 18.2 Å². The molecule has 0 aromatic heterocycles. The Hall–Kier alpha value is -1.23. The van der Waals surface area contributed by atoms with Gasteiger partial charge in [-0.2, -0.15) is 4.62 Å². The van der Waals surface area contributed by atoms with Crippen molar-refractivity contribution in [2.24, 2.45) is 0 Å². The first-order valence-electron chi connectivity index (χ1n) is 4.38. The van der Waals surface area contributed by atoms with Gasteiger partial charge in [-0.1, -0.05) is 17.7 Å². The summed E-state index contributed by atoms with van der Waals surface area (Å²) in [7, 11) is -5.20. The van der Waals surface area contributed by atoms with Gasteiger partial charge in [0.05, 0.1) is 0 Å². The van der Waals surface area contributed by atoms with E-state index in [1.807, 2.05) is 6.92 Å². The van der Waals surface area contributed by atoms with Crippen molar-refractivity contribution in [3.8, 4) is 0 Å². The Balaban J connectivity index is 2.78. The fourth-order valence-electron chi connectivity index (χ4n) is 1.22. The molecule has 1 aromatic carbocycles. The Morgan fingerprint density at radius 2 is 2.12 bits per heavy atom. The van der Waals surface area contributed by atoms with Crippen LogP contribution < -0.4 is 5.48 Å². The van der Waals surface area contributed by atoms with Crippen LogP contribution >= 0.6 is 7.91 Å². The molecule has 0 aliphatic heterocycles. The average molecular weight is 247 g/mol. The molecule has 1 atom stereocenters. The number of carbonyl (C=O) groups excluding carboxylic acids is 1. The smallest absolute Gasteiger partial charge is 0.298 e. The van der Waals surface area contributed by atoms with Crippen molar-refractivity contribution >= 4 is 13.8 Å². The van der Waals surface area contributed by atoms with Gasteiger partial charge in [0.1, 0.15) is 0 Å². The minimum Gasteiger partial charge on any atom is -0.298 e. The number of halogens is 1. The molecule has 1 unspecified atom stereocenters. The molecule has 88 valence electrons. The van der Waals surface area contributed by atoms with Crippen LogP contribution in [0.4, 0.5) is 4.20 Å². The van der Waals surface area contributed by atoms with Crippen molar-refractivity contribution in [2.75, 3.05) is 0 Å². The van der Waals surface area contributed by atoms with Gasteiger partial charge in [0.15, 0.2) is 0 Å². The molecule has 0 spiro atoms. The monoisotopic (exact) mass is 247 g/mol. The number of hydrogen-bond acceptors (Lipinski definition) is 3. The number of hydroxylamine groups is 1. The summed E-state index contributed by atoms with van der Waals surface area (Å²) in [5, 5.41) is 0. The fraction of sp³-hybridized carbons (Fsp3) is 0.222. The molecule has 2 N–H and O–H groups in total. The summed E-state index contributed by atoms with van der Waals surface area (Å²) in [6.07, 6.45) is 0. The number of amides is 1. The molecule has 16 heavy (non-hydrogen) atoms. The lowest BCUT2D eigenvalue weighted by atomic mass is 10.1. The molecule has 1 amide bonds. The number of benzene rings is 1. The van der Waals surface area contributed by atoms with E-state index in [9.17, 15) is 13.6 Å². The van der Waals surface area contributed by atoms with Crippen LogP contribution in [0.25, 0.3) is 0 Å². The highest BCUT2D eigenvalue weighted by Gasteiger charge is 2.20. The predicted molar refractivity (Wildman–Crippen MR) is 55.4 cm³/mol. The largest absolute Gasteiger partial charge is 0.532 e. The number of rotatable bonds is 3. The number of carbonyl (C=O) groups is 1. The summed E-state index contributed by atoms with van der Waals surface area (Å²) in [4.78, 5) is 19.6. The third-order valence-corrected chi connectivity index (χ3v) is 2.19. The van der Waals surface area contributed by atoms with Crippen molar-refractivity contribution in [3.05, 3.63) is 34.9 Å². The van der Waals surface area contributed by atoms with Crippen molar-refractivity contribution in [3.63, 3.8) is 0 Å². The van der Waals surface area contributed by atoms with Gasteiger partial charge >= 0.3 is 7.91 Å². The van der Waals surface area contributed by atoms with Crippen molar-refractivity contribution < 1.29 is 23.1 Å². The third-order valence-electron chi connectivity index (χ3n) is 1.88. The Kier molecular flexibility index (Phi) is 3.80. The van der Waals surface area contributed by atoms with E-state index in [2.05, 4.69) is 4.62 Å². The molecule has 0 fully saturated rings. The molecule has 0 aliphatic carbocycles. The second-order valence-corrected chi connectivity index (χ2v) is 4.38. The SMILES string of the molecule is Cc1ccc(C(=O)NOP(=O)(O)F)c(C)c1. The molecular formula is C9H11FNO4P. The van der Waals surface area contributed by atoms with Crippen LogP contribution in [0.3, 0.4) is 0 Å². The predicted octanol–water partition coefficient (Wildman–Crippen LogP) is 2.03. The van der Waals surface area contributed by atoms with Gasteiger partial charge in [0, 0.05) is 5.56 Å². The molecule has 0 aliphatic rings. The van der Waals surface area contributed by atoms with E-state index >= 15 is 0 Å². The molecule has 7 heteroatoms.